The van der Waals surface area contributed by atoms with Crippen molar-refractivity contribution in [3.05, 3.63) is 56.5 Å². The number of rotatable bonds is 4. The van der Waals surface area contributed by atoms with Gasteiger partial charge in [-0.3, -0.25) is 27.0 Å². The Balaban J connectivity index is 1.76. The van der Waals surface area contributed by atoms with Gasteiger partial charge in [0.05, 0.1) is 31.5 Å². The van der Waals surface area contributed by atoms with Gasteiger partial charge in [-0.25, -0.2) is 9.59 Å². The molecule has 0 heterocycles. The molecule has 5 N–H and O–H groups in total. The average molecular weight is 423 g/mol. The van der Waals surface area contributed by atoms with Crippen molar-refractivity contribution >= 4 is 69.8 Å². The minimum atomic E-state index is -0.792. The van der Waals surface area contributed by atoms with E-state index >= 15 is 0 Å². The van der Waals surface area contributed by atoms with Crippen LogP contribution in [-0.4, -0.2) is 12.1 Å². The van der Waals surface area contributed by atoms with Crippen molar-refractivity contribution in [1.82, 2.24) is 16.2 Å². The molecule has 2 aromatic carbocycles. The SMILES string of the molecule is O=C(NNc1ccc(Cl)c(Cl)c1)NC(=O)NNc1ccc(Cl)c(Cl)c1. The highest BCUT2D eigenvalue weighted by atomic mass is 35.5. The Bertz CT molecular complexity index is 737. The van der Waals surface area contributed by atoms with E-state index in [-0.39, 0.29) is 0 Å². The number of benzene rings is 2. The molecule has 2 aromatic rings. The average Bonchev–Trinajstić information content (AvgIpc) is 2.57. The number of hydrazine groups is 2. The Morgan fingerprint density at radius 3 is 1.40 bits per heavy atom. The van der Waals surface area contributed by atoms with Gasteiger partial charge in [0.25, 0.3) is 0 Å². The molecule has 0 aliphatic heterocycles. The van der Waals surface area contributed by atoms with E-state index in [0.29, 0.717) is 31.5 Å². The lowest BCUT2D eigenvalue weighted by atomic mass is 10.3. The van der Waals surface area contributed by atoms with Gasteiger partial charge in [0, 0.05) is 0 Å². The van der Waals surface area contributed by atoms with Crippen molar-refractivity contribution in [3.8, 4) is 0 Å². The van der Waals surface area contributed by atoms with Gasteiger partial charge in [-0.05, 0) is 36.4 Å². The molecule has 0 radical (unpaired) electrons. The van der Waals surface area contributed by atoms with E-state index in [4.69, 9.17) is 46.4 Å². The van der Waals surface area contributed by atoms with E-state index in [1.165, 1.54) is 12.1 Å². The summed E-state index contributed by atoms with van der Waals surface area (Å²) in [5.74, 6) is 0. The van der Waals surface area contributed by atoms with Gasteiger partial charge >= 0.3 is 12.1 Å². The summed E-state index contributed by atoms with van der Waals surface area (Å²) in [6, 6.07) is 7.74. The number of nitrogens with one attached hydrogen (secondary N) is 5. The molecule has 0 aromatic heterocycles. The van der Waals surface area contributed by atoms with Crippen LogP contribution >= 0.6 is 46.4 Å². The summed E-state index contributed by atoms with van der Waals surface area (Å²) in [6.07, 6.45) is 0. The Kier molecular flexibility index (Phi) is 6.83. The van der Waals surface area contributed by atoms with E-state index in [2.05, 4.69) is 21.7 Å². The van der Waals surface area contributed by atoms with E-state index in [0.717, 1.165) is 0 Å². The predicted molar refractivity (Wildman–Crippen MR) is 100 cm³/mol. The van der Waals surface area contributed by atoms with Crippen molar-refractivity contribution in [2.75, 3.05) is 10.9 Å². The largest absolute Gasteiger partial charge is 0.341 e. The number of hydrogen-bond donors (Lipinski definition) is 5. The van der Waals surface area contributed by atoms with E-state index < -0.39 is 12.1 Å². The second kappa shape index (κ2) is 8.87. The van der Waals surface area contributed by atoms with Gasteiger partial charge in [-0.15, -0.1) is 0 Å². The predicted octanol–water partition coefficient (Wildman–Crippen LogP) is 4.66. The Hall–Kier alpha value is -2.06. The van der Waals surface area contributed by atoms with E-state index in [1.807, 2.05) is 5.32 Å². The molecule has 0 aliphatic carbocycles. The van der Waals surface area contributed by atoms with Gasteiger partial charge < -0.3 is 0 Å². The highest BCUT2D eigenvalue weighted by Gasteiger charge is 2.07. The molecular weight excluding hydrogens is 412 g/mol. The monoisotopic (exact) mass is 421 g/mol. The maximum Gasteiger partial charge on any atom is 0.341 e. The summed E-state index contributed by atoms with van der Waals surface area (Å²) in [7, 11) is 0. The number of hydrogen-bond acceptors (Lipinski definition) is 4. The van der Waals surface area contributed by atoms with Crippen LogP contribution in [0.3, 0.4) is 0 Å². The van der Waals surface area contributed by atoms with Crippen molar-refractivity contribution in [2.24, 2.45) is 0 Å². The highest BCUT2D eigenvalue weighted by Crippen LogP contribution is 2.25. The van der Waals surface area contributed by atoms with Gasteiger partial charge in [-0.2, -0.15) is 0 Å². The summed E-state index contributed by atoms with van der Waals surface area (Å²) in [6.45, 7) is 0. The first-order chi connectivity index (χ1) is 11.8. The molecule has 132 valence electrons. The molecule has 7 nitrogen and oxygen atoms in total. The molecule has 0 fully saturated rings. The second-order valence-corrected chi connectivity index (χ2v) is 6.17. The summed E-state index contributed by atoms with van der Waals surface area (Å²) in [5, 5.41) is 3.42. The van der Waals surface area contributed by atoms with Crippen LogP contribution in [0, 0.1) is 0 Å². The molecule has 25 heavy (non-hydrogen) atoms. The van der Waals surface area contributed by atoms with Crippen LogP contribution in [0.2, 0.25) is 20.1 Å². The number of imide groups is 1. The van der Waals surface area contributed by atoms with Crippen LogP contribution in [0.25, 0.3) is 0 Å². The molecule has 0 unspecified atom stereocenters. The maximum atomic E-state index is 11.6. The standard InChI is InChI=1S/C14H11Cl4N5O2/c15-9-3-1-7(5-11(9)17)20-22-13(24)19-14(25)23-21-8-2-4-10(16)12(18)6-8/h1-6,20-21H,(H3,19,22,23,24,25). The first kappa shape index (κ1) is 19.3. The smallest absolute Gasteiger partial charge is 0.297 e. The quantitative estimate of drug-likeness (QED) is 0.463. The third-order valence-corrected chi connectivity index (χ3v) is 4.19. The third kappa shape index (κ3) is 6.06. The highest BCUT2D eigenvalue weighted by molar-refractivity contribution is 6.42. The van der Waals surface area contributed by atoms with Crippen molar-refractivity contribution in [3.63, 3.8) is 0 Å². The van der Waals surface area contributed by atoms with Crippen LogP contribution in [0.5, 0.6) is 0 Å². The number of carbonyl (C=O) groups excluding carboxylic acids is 2. The molecule has 0 saturated carbocycles. The topological polar surface area (TPSA) is 94.3 Å². The fourth-order valence-electron chi connectivity index (χ4n) is 1.57. The first-order valence-electron chi connectivity index (χ1n) is 6.64. The van der Waals surface area contributed by atoms with Crippen LogP contribution in [0.4, 0.5) is 21.0 Å². The molecular formula is C14H11Cl4N5O2. The zero-order valence-electron chi connectivity index (χ0n) is 12.3. The Labute approximate surface area is 162 Å². The lowest BCUT2D eigenvalue weighted by molar-refractivity contribution is 0.229. The molecule has 11 heteroatoms. The molecule has 0 aliphatic rings. The summed E-state index contributed by atoms with van der Waals surface area (Å²) in [5.41, 5.74) is 10.6. The molecule has 0 atom stereocenters. The van der Waals surface area contributed by atoms with Crippen molar-refractivity contribution < 1.29 is 9.59 Å². The van der Waals surface area contributed by atoms with E-state index in [1.54, 1.807) is 24.3 Å². The number of halogens is 4. The summed E-state index contributed by atoms with van der Waals surface area (Å²) < 4.78 is 0. The Morgan fingerprint density at radius 1 is 0.640 bits per heavy atom. The van der Waals surface area contributed by atoms with Gasteiger partial charge in [0.15, 0.2) is 0 Å². The molecule has 4 amide bonds. The zero-order chi connectivity index (χ0) is 18.4. The first-order valence-corrected chi connectivity index (χ1v) is 8.15. The van der Waals surface area contributed by atoms with Crippen LogP contribution in [-0.2, 0) is 0 Å². The maximum absolute atomic E-state index is 11.6. The van der Waals surface area contributed by atoms with Gasteiger partial charge in [-0.1, -0.05) is 46.4 Å². The number of anilines is 2. The minimum Gasteiger partial charge on any atom is -0.297 e. The van der Waals surface area contributed by atoms with Crippen LogP contribution in [0.15, 0.2) is 36.4 Å². The molecule has 0 saturated heterocycles. The third-order valence-electron chi connectivity index (χ3n) is 2.71. The fraction of sp³-hybridized carbons (Fsp3) is 0. The number of carbonyl (C=O) groups is 2. The van der Waals surface area contributed by atoms with Crippen molar-refractivity contribution in [2.45, 2.75) is 0 Å². The van der Waals surface area contributed by atoms with Crippen LogP contribution < -0.4 is 27.0 Å². The molecule has 0 bridgehead atoms. The van der Waals surface area contributed by atoms with E-state index in [9.17, 15) is 9.59 Å². The normalized spacial score (nSPS) is 9.92. The second-order valence-electron chi connectivity index (χ2n) is 4.54. The zero-order valence-corrected chi connectivity index (χ0v) is 15.3. The minimum absolute atomic E-state index is 0.317. The molecule has 0 spiro atoms. The number of amides is 4. The number of urea groups is 2. The van der Waals surface area contributed by atoms with Gasteiger partial charge in [0.2, 0.25) is 0 Å². The summed E-state index contributed by atoms with van der Waals surface area (Å²) >= 11 is 23.2. The lowest BCUT2D eigenvalue weighted by Gasteiger charge is -2.12. The summed E-state index contributed by atoms with van der Waals surface area (Å²) in [4.78, 5) is 23.2. The van der Waals surface area contributed by atoms with Crippen molar-refractivity contribution in [1.29, 1.82) is 0 Å². The lowest BCUT2D eigenvalue weighted by Crippen LogP contribution is -2.48. The fourth-order valence-corrected chi connectivity index (χ4v) is 2.17. The molecule has 2 rings (SSSR count). The van der Waals surface area contributed by atoms with Crippen LogP contribution in [0.1, 0.15) is 0 Å². The van der Waals surface area contributed by atoms with Gasteiger partial charge in [0.1, 0.15) is 0 Å². The Morgan fingerprint density at radius 2 is 1.04 bits per heavy atom.